The van der Waals surface area contributed by atoms with Gasteiger partial charge in [0.1, 0.15) is 0 Å². The Balaban J connectivity index is 1.70. The molecule has 0 atom stereocenters. The molecule has 1 N–H and O–H groups in total. The van der Waals surface area contributed by atoms with Gasteiger partial charge in [-0.3, -0.25) is 4.79 Å². The molecule has 1 aliphatic heterocycles. The van der Waals surface area contributed by atoms with E-state index >= 15 is 0 Å². The summed E-state index contributed by atoms with van der Waals surface area (Å²) in [4.78, 5) is 15.3. The monoisotopic (exact) mass is 375 g/mol. The van der Waals surface area contributed by atoms with Crippen LogP contribution in [0, 0.1) is 5.41 Å². The van der Waals surface area contributed by atoms with Crippen LogP contribution in [-0.4, -0.2) is 29.3 Å². The lowest BCUT2D eigenvalue weighted by Gasteiger charge is -2.36. The summed E-state index contributed by atoms with van der Waals surface area (Å²) in [5.74, 6) is -1.79. The molecule has 25 heavy (non-hydrogen) atoms. The first-order chi connectivity index (χ1) is 11.7. The molecular formula is C15H13ClF3N3O3. The summed E-state index contributed by atoms with van der Waals surface area (Å²) in [7, 11) is 0. The maximum Gasteiger partial charge on any atom is 0.471 e. The van der Waals surface area contributed by atoms with Gasteiger partial charge in [0.25, 0.3) is 0 Å². The number of carbonyl (C=O) groups excluding carboxylic acids is 1. The van der Waals surface area contributed by atoms with Gasteiger partial charge in [-0.05, 0) is 18.6 Å². The third-order valence-electron chi connectivity index (χ3n) is 3.81. The minimum absolute atomic E-state index is 0.146. The fourth-order valence-electron chi connectivity index (χ4n) is 2.21. The van der Waals surface area contributed by atoms with Crippen LogP contribution in [0.2, 0.25) is 5.02 Å². The van der Waals surface area contributed by atoms with Crippen LogP contribution >= 0.6 is 11.6 Å². The van der Waals surface area contributed by atoms with Crippen LogP contribution < -0.4 is 5.32 Å². The van der Waals surface area contributed by atoms with Crippen LogP contribution in [0.25, 0.3) is 11.4 Å². The van der Waals surface area contributed by atoms with Gasteiger partial charge in [0.05, 0.1) is 18.6 Å². The van der Waals surface area contributed by atoms with Gasteiger partial charge in [0, 0.05) is 17.1 Å². The summed E-state index contributed by atoms with van der Waals surface area (Å²) < 4.78 is 46.7. The fourth-order valence-corrected chi connectivity index (χ4v) is 2.46. The summed E-state index contributed by atoms with van der Waals surface area (Å²) in [5, 5.41) is 6.33. The first-order valence-corrected chi connectivity index (χ1v) is 7.63. The highest BCUT2D eigenvalue weighted by atomic mass is 35.5. The Morgan fingerprint density at radius 2 is 2.12 bits per heavy atom. The van der Waals surface area contributed by atoms with Crippen LogP contribution in [-0.2, 0) is 22.3 Å². The molecule has 1 amide bonds. The molecule has 1 aromatic heterocycles. The molecule has 3 rings (SSSR count). The Morgan fingerprint density at radius 3 is 2.64 bits per heavy atom. The number of alkyl halides is 3. The van der Waals surface area contributed by atoms with Crippen LogP contribution in [0.4, 0.5) is 13.2 Å². The van der Waals surface area contributed by atoms with E-state index in [1.54, 1.807) is 13.0 Å². The zero-order chi connectivity index (χ0) is 18.2. The van der Waals surface area contributed by atoms with E-state index in [2.05, 4.69) is 20.0 Å². The molecule has 0 unspecified atom stereocenters. The quantitative estimate of drug-likeness (QED) is 0.888. The highest BCUT2D eigenvalue weighted by Crippen LogP contribution is 2.31. The third-order valence-corrected chi connectivity index (χ3v) is 4.16. The van der Waals surface area contributed by atoms with Crippen molar-refractivity contribution < 1.29 is 27.2 Å². The molecule has 134 valence electrons. The van der Waals surface area contributed by atoms with Gasteiger partial charge in [-0.15, -0.1) is 0 Å². The van der Waals surface area contributed by atoms with Crippen LogP contribution in [0.1, 0.15) is 18.4 Å². The molecule has 0 saturated carbocycles. The number of halogens is 4. The van der Waals surface area contributed by atoms with Crippen molar-refractivity contribution in [2.45, 2.75) is 19.6 Å². The predicted molar refractivity (Wildman–Crippen MR) is 80.5 cm³/mol. The van der Waals surface area contributed by atoms with Gasteiger partial charge in [-0.2, -0.15) is 18.2 Å². The van der Waals surface area contributed by atoms with Crippen LogP contribution in [0.5, 0.6) is 0 Å². The molecule has 0 bridgehead atoms. The lowest BCUT2D eigenvalue weighted by Crippen LogP contribution is -2.51. The van der Waals surface area contributed by atoms with Crippen molar-refractivity contribution >= 4 is 17.5 Å². The lowest BCUT2D eigenvalue weighted by atomic mass is 9.87. The highest BCUT2D eigenvalue weighted by Gasteiger charge is 2.41. The normalized spacial score (nSPS) is 16.4. The van der Waals surface area contributed by atoms with E-state index < -0.39 is 17.5 Å². The number of aromatic nitrogens is 2. The molecule has 6 nitrogen and oxygen atoms in total. The summed E-state index contributed by atoms with van der Waals surface area (Å²) in [6.45, 7) is 2.72. The first-order valence-electron chi connectivity index (χ1n) is 7.25. The van der Waals surface area contributed by atoms with Gasteiger partial charge in [-0.1, -0.05) is 28.9 Å². The van der Waals surface area contributed by atoms with Crippen molar-refractivity contribution in [3.8, 4) is 11.4 Å². The molecule has 0 aliphatic carbocycles. The van der Waals surface area contributed by atoms with E-state index in [9.17, 15) is 18.0 Å². The van der Waals surface area contributed by atoms with Crippen molar-refractivity contribution in [2.24, 2.45) is 5.41 Å². The minimum Gasteiger partial charge on any atom is -0.379 e. The van der Waals surface area contributed by atoms with E-state index in [1.165, 1.54) is 12.1 Å². The maximum absolute atomic E-state index is 12.5. The second-order valence-electron chi connectivity index (χ2n) is 5.96. The standard InChI is InChI=1S/C15H13ClF3N3O3/c1-14(6-24-7-14)12(23)20-5-9-3-2-8(4-10(9)16)11-21-13(25-22-11)15(17,18)19/h2-4H,5-7H2,1H3,(H,20,23). The Bertz CT molecular complexity index is 803. The zero-order valence-corrected chi connectivity index (χ0v) is 13.7. The van der Waals surface area contributed by atoms with E-state index in [1.807, 2.05) is 0 Å². The number of benzene rings is 1. The summed E-state index contributed by atoms with van der Waals surface area (Å²) >= 11 is 6.14. The highest BCUT2D eigenvalue weighted by molar-refractivity contribution is 6.31. The van der Waals surface area contributed by atoms with E-state index in [0.717, 1.165) is 0 Å². The Kier molecular flexibility index (Phi) is 4.46. The maximum atomic E-state index is 12.5. The summed E-state index contributed by atoms with van der Waals surface area (Å²) in [6, 6.07) is 4.51. The van der Waals surface area contributed by atoms with Crippen molar-refractivity contribution in [3.05, 3.63) is 34.7 Å². The van der Waals surface area contributed by atoms with Gasteiger partial charge in [0.2, 0.25) is 11.7 Å². The van der Waals surface area contributed by atoms with E-state index in [-0.39, 0.29) is 28.9 Å². The number of rotatable bonds is 4. The number of hydrogen-bond acceptors (Lipinski definition) is 5. The third kappa shape index (κ3) is 3.62. The second-order valence-corrected chi connectivity index (χ2v) is 6.37. The van der Waals surface area contributed by atoms with Gasteiger partial charge >= 0.3 is 12.1 Å². The molecule has 1 aliphatic rings. The van der Waals surface area contributed by atoms with Crippen molar-refractivity contribution in [3.63, 3.8) is 0 Å². The Hall–Kier alpha value is -2.13. The van der Waals surface area contributed by atoms with E-state index in [0.29, 0.717) is 18.8 Å². The fraction of sp³-hybridized carbons (Fsp3) is 0.400. The minimum atomic E-state index is -4.71. The Morgan fingerprint density at radius 1 is 1.40 bits per heavy atom. The average Bonchev–Trinajstić information content (AvgIpc) is 3.01. The van der Waals surface area contributed by atoms with Crippen molar-refractivity contribution in [1.82, 2.24) is 15.5 Å². The SMILES string of the molecule is CC1(C(=O)NCc2ccc(-c3noc(C(F)(F)F)n3)cc2Cl)COC1. The Labute approximate surface area is 145 Å². The lowest BCUT2D eigenvalue weighted by molar-refractivity contribution is -0.159. The van der Waals surface area contributed by atoms with Crippen molar-refractivity contribution in [2.75, 3.05) is 13.2 Å². The molecule has 1 aromatic carbocycles. The average molecular weight is 376 g/mol. The topological polar surface area (TPSA) is 77.3 Å². The van der Waals surface area contributed by atoms with Crippen LogP contribution in [0.3, 0.4) is 0 Å². The zero-order valence-electron chi connectivity index (χ0n) is 13.0. The molecule has 1 saturated heterocycles. The molecule has 0 radical (unpaired) electrons. The molecule has 2 heterocycles. The molecule has 1 fully saturated rings. The number of amides is 1. The number of carbonyl (C=O) groups is 1. The smallest absolute Gasteiger partial charge is 0.379 e. The summed E-state index contributed by atoms with van der Waals surface area (Å²) in [5.41, 5.74) is 0.353. The van der Waals surface area contributed by atoms with E-state index in [4.69, 9.17) is 16.3 Å². The second kappa shape index (κ2) is 6.30. The molecule has 0 spiro atoms. The first kappa shape index (κ1) is 17.7. The number of ether oxygens (including phenoxy) is 1. The van der Waals surface area contributed by atoms with Crippen molar-refractivity contribution in [1.29, 1.82) is 0 Å². The summed E-state index contributed by atoms with van der Waals surface area (Å²) in [6.07, 6.45) is -4.71. The molecule has 2 aromatic rings. The van der Waals surface area contributed by atoms with Crippen LogP contribution in [0.15, 0.2) is 22.7 Å². The number of hydrogen-bond donors (Lipinski definition) is 1. The number of nitrogens with zero attached hydrogens (tertiary/aromatic N) is 2. The number of nitrogens with one attached hydrogen (secondary N) is 1. The molecule has 10 heteroatoms. The predicted octanol–water partition coefficient (Wildman–Crippen LogP) is 3.06. The van der Waals surface area contributed by atoms with Gasteiger partial charge in [0.15, 0.2) is 0 Å². The van der Waals surface area contributed by atoms with Gasteiger partial charge in [-0.25, -0.2) is 0 Å². The largest absolute Gasteiger partial charge is 0.471 e. The molecular weight excluding hydrogens is 363 g/mol. The van der Waals surface area contributed by atoms with Gasteiger partial charge < -0.3 is 14.6 Å².